The quantitative estimate of drug-likeness (QED) is 0.722. The monoisotopic (exact) mass is 412 g/mol. The number of carbonyl (C=O) groups excluding carboxylic acids is 2. The van der Waals surface area contributed by atoms with Gasteiger partial charge in [-0.3, -0.25) is 14.6 Å². The van der Waals surface area contributed by atoms with Crippen LogP contribution in [0.4, 0.5) is 15.1 Å². The number of imidazole rings is 1. The van der Waals surface area contributed by atoms with Crippen LogP contribution >= 0.6 is 0 Å². The Bertz CT molecular complexity index is 1060. The van der Waals surface area contributed by atoms with Crippen molar-refractivity contribution in [1.29, 1.82) is 0 Å². The number of carbonyl (C=O) groups is 2. The molecule has 9 heteroatoms. The minimum absolute atomic E-state index is 0.0809. The molecule has 2 atom stereocenters. The summed E-state index contributed by atoms with van der Waals surface area (Å²) in [5, 5.41) is 0. The molecule has 0 spiro atoms. The van der Waals surface area contributed by atoms with E-state index in [1.807, 2.05) is 17.7 Å². The van der Waals surface area contributed by atoms with Gasteiger partial charge in [0.05, 0.1) is 19.2 Å². The van der Waals surface area contributed by atoms with Crippen LogP contribution in [0.25, 0.3) is 0 Å². The van der Waals surface area contributed by atoms with Gasteiger partial charge in [-0.25, -0.2) is 18.3 Å². The van der Waals surface area contributed by atoms with E-state index in [4.69, 9.17) is 4.74 Å². The zero-order chi connectivity index (χ0) is 21.0. The number of urea groups is 1. The van der Waals surface area contributed by atoms with Crippen LogP contribution in [0.3, 0.4) is 0 Å². The number of benzene rings is 1. The molecule has 0 aliphatic carbocycles. The number of likely N-dealkylation sites (N-methyl/N-ethyl adjacent to an activating group) is 1. The van der Waals surface area contributed by atoms with Gasteiger partial charge in [0.1, 0.15) is 17.7 Å². The maximum absolute atomic E-state index is 13.3. The summed E-state index contributed by atoms with van der Waals surface area (Å²) in [6.07, 6.45) is 4.09. The topological polar surface area (TPSA) is 71.0 Å². The van der Waals surface area contributed by atoms with Crippen molar-refractivity contribution in [1.82, 2.24) is 14.4 Å². The molecule has 8 nitrogen and oxygen atoms in total. The first-order chi connectivity index (χ1) is 14.4. The minimum atomic E-state index is -0.687. The zero-order valence-corrected chi connectivity index (χ0v) is 16.9. The van der Waals surface area contributed by atoms with E-state index in [0.29, 0.717) is 23.9 Å². The second kappa shape index (κ2) is 7.02. The number of amides is 3. The van der Waals surface area contributed by atoms with E-state index >= 15 is 0 Å². The van der Waals surface area contributed by atoms with Crippen LogP contribution in [-0.2, 0) is 22.6 Å². The Morgan fingerprint density at radius 2 is 2.03 bits per heavy atom. The predicted molar refractivity (Wildman–Crippen MR) is 105 cm³/mol. The van der Waals surface area contributed by atoms with E-state index in [2.05, 4.69) is 9.56 Å². The highest BCUT2D eigenvalue weighted by Crippen LogP contribution is 2.30. The standard InChI is InChI=1S/C21H23FN5O3/c1-13-10-26-17-18(23-20(26)25(13)12-16-4-3-9-30-16)24(2)21(29)27(19(17)28)11-14-5-7-15(22)8-6-14/h5-8,10,16-17H,3-4,9,11-12H2,1-2H3/q+1. The average molecular weight is 412 g/mol. The van der Waals surface area contributed by atoms with Gasteiger partial charge in [-0.05, 0) is 37.5 Å². The Morgan fingerprint density at radius 1 is 1.27 bits per heavy atom. The second-order valence-corrected chi connectivity index (χ2v) is 7.99. The highest BCUT2D eigenvalue weighted by atomic mass is 19.1. The van der Waals surface area contributed by atoms with E-state index in [1.54, 1.807) is 19.2 Å². The van der Waals surface area contributed by atoms with Crippen molar-refractivity contribution in [3.8, 4) is 0 Å². The Kier molecular flexibility index (Phi) is 4.43. The summed E-state index contributed by atoms with van der Waals surface area (Å²) >= 11 is 0. The number of hydrogen-bond donors (Lipinski definition) is 0. The van der Waals surface area contributed by atoms with Gasteiger partial charge in [-0.1, -0.05) is 17.1 Å². The van der Waals surface area contributed by atoms with Gasteiger partial charge in [-0.15, -0.1) is 0 Å². The van der Waals surface area contributed by atoms with Gasteiger partial charge in [0.2, 0.25) is 11.9 Å². The number of hydrogen-bond acceptors (Lipinski definition) is 4. The molecular formula is C21H23FN5O3+. The molecule has 3 amide bonds. The lowest BCUT2D eigenvalue weighted by Gasteiger charge is -2.33. The van der Waals surface area contributed by atoms with E-state index in [1.165, 1.54) is 21.9 Å². The molecule has 3 aliphatic rings. The summed E-state index contributed by atoms with van der Waals surface area (Å²) in [5.74, 6) is 0.385. The van der Waals surface area contributed by atoms with E-state index in [9.17, 15) is 14.0 Å². The van der Waals surface area contributed by atoms with Crippen LogP contribution < -0.4 is 4.57 Å². The summed E-state index contributed by atoms with van der Waals surface area (Å²) in [6, 6.07) is 4.67. The number of nitrogens with zero attached hydrogens (tertiary/aromatic N) is 5. The van der Waals surface area contributed by atoms with Gasteiger partial charge in [0.15, 0.2) is 0 Å². The lowest BCUT2D eigenvalue weighted by Crippen LogP contribution is -2.62. The normalized spacial score (nSPS) is 23.1. The molecule has 30 heavy (non-hydrogen) atoms. The first-order valence-electron chi connectivity index (χ1n) is 10.1. The Morgan fingerprint density at radius 3 is 2.73 bits per heavy atom. The lowest BCUT2D eigenvalue weighted by molar-refractivity contribution is -0.677. The van der Waals surface area contributed by atoms with Crippen molar-refractivity contribution < 1.29 is 23.3 Å². The van der Waals surface area contributed by atoms with Crippen molar-refractivity contribution >= 4 is 23.7 Å². The number of rotatable bonds is 4. The molecule has 156 valence electrons. The first-order valence-corrected chi connectivity index (χ1v) is 10.1. The smallest absolute Gasteiger partial charge is 0.375 e. The van der Waals surface area contributed by atoms with Gasteiger partial charge in [0, 0.05) is 13.7 Å². The molecule has 2 unspecified atom stereocenters. The molecular weight excluding hydrogens is 389 g/mol. The molecule has 2 aromatic rings. The maximum Gasteiger partial charge on any atom is 0.402 e. The van der Waals surface area contributed by atoms with Gasteiger partial charge in [-0.2, -0.15) is 0 Å². The second-order valence-electron chi connectivity index (χ2n) is 7.99. The summed E-state index contributed by atoms with van der Waals surface area (Å²) < 4.78 is 22.9. The number of aromatic nitrogens is 2. The molecule has 5 rings (SSSR count). The third-order valence-corrected chi connectivity index (χ3v) is 5.99. The highest BCUT2D eigenvalue weighted by molar-refractivity contribution is 6.18. The van der Waals surface area contributed by atoms with Gasteiger partial charge in [0.25, 0.3) is 5.91 Å². The van der Waals surface area contributed by atoms with Gasteiger partial charge >= 0.3 is 12.0 Å². The molecule has 2 saturated heterocycles. The van der Waals surface area contributed by atoms with Crippen LogP contribution in [0.5, 0.6) is 0 Å². The highest BCUT2D eigenvalue weighted by Gasteiger charge is 2.53. The molecule has 2 fully saturated rings. The molecule has 4 heterocycles. The van der Waals surface area contributed by atoms with Gasteiger partial charge < -0.3 is 4.74 Å². The number of ether oxygens (including phenoxy) is 1. The minimum Gasteiger partial charge on any atom is -0.375 e. The van der Waals surface area contributed by atoms with Crippen molar-refractivity contribution in [2.45, 2.75) is 45.0 Å². The molecule has 0 N–H and O–H groups in total. The van der Waals surface area contributed by atoms with E-state index in [-0.39, 0.29) is 24.4 Å². The Hall–Kier alpha value is -3.07. The predicted octanol–water partition coefficient (Wildman–Crippen LogP) is 2.08. The van der Waals surface area contributed by atoms with Crippen LogP contribution in [-0.4, -0.2) is 51.9 Å². The summed E-state index contributed by atoms with van der Waals surface area (Å²) in [7, 11) is 1.63. The molecule has 3 aliphatic heterocycles. The van der Waals surface area contributed by atoms with Crippen molar-refractivity contribution in [2.24, 2.45) is 4.99 Å². The Balaban J connectivity index is 1.47. The molecule has 1 aromatic heterocycles. The van der Waals surface area contributed by atoms with E-state index < -0.39 is 12.1 Å². The van der Waals surface area contributed by atoms with Crippen molar-refractivity contribution in [2.75, 3.05) is 13.7 Å². The summed E-state index contributed by atoms with van der Waals surface area (Å²) in [4.78, 5) is 33.5. The van der Waals surface area contributed by atoms with E-state index in [0.717, 1.165) is 25.1 Å². The number of aryl methyl sites for hydroxylation is 1. The third kappa shape index (κ3) is 2.92. The SMILES string of the molecule is Cc1c[n+]2c(n1CC1CCCO1)N=C1C2C(=O)N(Cc2ccc(F)cc2)C(=O)N1C. The first kappa shape index (κ1) is 18.9. The fraction of sp³-hybridized carbons (Fsp3) is 0.429. The molecule has 0 radical (unpaired) electrons. The van der Waals surface area contributed by atoms with Crippen LogP contribution in [0, 0.1) is 12.7 Å². The lowest BCUT2D eigenvalue weighted by atomic mass is 10.1. The molecule has 0 saturated carbocycles. The average Bonchev–Trinajstić information content (AvgIpc) is 3.43. The number of amidine groups is 1. The molecule has 1 aromatic carbocycles. The maximum atomic E-state index is 13.3. The number of halogens is 1. The molecule has 0 bridgehead atoms. The zero-order valence-electron chi connectivity index (χ0n) is 16.9. The summed E-state index contributed by atoms with van der Waals surface area (Å²) in [6.45, 7) is 3.50. The summed E-state index contributed by atoms with van der Waals surface area (Å²) in [5.41, 5.74) is 1.67. The Labute approximate surface area is 173 Å². The van der Waals surface area contributed by atoms with Crippen LogP contribution in [0.15, 0.2) is 35.5 Å². The van der Waals surface area contributed by atoms with Crippen molar-refractivity contribution in [3.63, 3.8) is 0 Å². The number of imide groups is 1. The third-order valence-electron chi connectivity index (χ3n) is 5.99. The largest absolute Gasteiger partial charge is 0.402 e. The number of aliphatic imine (C=N–C) groups is 1. The fourth-order valence-corrected chi connectivity index (χ4v) is 4.37. The number of fused-ring (bicyclic) bond motifs is 3. The van der Waals surface area contributed by atoms with Crippen LogP contribution in [0.1, 0.15) is 30.1 Å². The van der Waals surface area contributed by atoms with Crippen molar-refractivity contribution in [3.05, 3.63) is 47.5 Å². The van der Waals surface area contributed by atoms with Crippen LogP contribution in [0.2, 0.25) is 0 Å². The fourth-order valence-electron chi connectivity index (χ4n) is 4.37.